The van der Waals surface area contributed by atoms with Gasteiger partial charge in [-0.05, 0) is 0 Å². The fourth-order valence-corrected chi connectivity index (χ4v) is 0. The summed E-state index contributed by atoms with van der Waals surface area (Å²) >= 11 is 0. The van der Waals surface area contributed by atoms with E-state index < -0.39 is 0 Å². The molecule has 0 N–H and O–H groups in total. The minimum Gasteiger partial charge on any atom is 0 e. The molecule has 28 radical (unpaired) electrons. The first-order chi connectivity index (χ1) is 0. The van der Waals surface area contributed by atoms with Crippen molar-refractivity contribution in [2.45, 2.75) is 0 Å². The first-order valence-corrected chi connectivity index (χ1v) is 0. The van der Waals surface area contributed by atoms with E-state index in [1.165, 1.54) is 0 Å². The van der Waals surface area contributed by atoms with E-state index in [1.54, 1.807) is 0 Å². The largest absolute Gasteiger partial charge is 0 e. The van der Waals surface area contributed by atoms with Crippen molar-refractivity contribution in [1.82, 2.24) is 0 Å². The third kappa shape index (κ3) is 66.5. The van der Waals surface area contributed by atoms with Crippen LogP contribution in [-0.2, 0) is 32.7 Å². The molecule has 0 aromatic rings. The van der Waals surface area contributed by atoms with Crippen LogP contribution < -0.4 is 0 Å². The third-order valence-electron chi connectivity index (χ3n) is 0. The molecular formula is Al9Y. The smallest absolute Gasteiger partial charge is 0 e. The Bertz CT molecular complexity index is 4.69. The Hall–Kier alpha value is 5.90. The van der Waals surface area contributed by atoms with Crippen LogP contribution in [0.3, 0.4) is 0 Å². The van der Waals surface area contributed by atoms with Gasteiger partial charge in [-0.1, -0.05) is 0 Å². The van der Waals surface area contributed by atoms with Crippen molar-refractivity contribution in [3.8, 4) is 0 Å². The molecule has 0 nitrogen and oxygen atoms in total. The minimum atomic E-state index is 0. The average molecular weight is 332 g/mol. The van der Waals surface area contributed by atoms with Crippen molar-refractivity contribution in [2.75, 3.05) is 0 Å². The van der Waals surface area contributed by atoms with E-state index in [0.29, 0.717) is 0 Å². The standard InChI is InChI=1S/9Al.Y. The van der Waals surface area contributed by atoms with E-state index in [4.69, 9.17) is 0 Å². The second-order valence-electron chi connectivity index (χ2n) is 0. The molecule has 0 unspecified atom stereocenters. The summed E-state index contributed by atoms with van der Waals surface area (Å²) in [5, 5.41) is 0. The van der Waals surface area contributed by atoms with Gasteiger partial charge in [-0.15, -0.1) is 0 Å². The van der Waals surface area contributed by atoms with Gasteiger partial charge in [0.1, 0.15) is 0 Å². The number of rotatable bonds is 0. The van der Waals surface area contributed by atoms with Gasteiger partial charge in [0.15, 0.2) is 0 Å². The predicted octanol–water partition coefficient (Wildman–Crippen LogP) is -3.43. The second-order valence-corrected chi connectivity index (χ2v) is 0. The summed E-state index contributed by atoms with van der Waals surface area (Å²) in [4.78, 5) is 0. The summed E-state index contributed by atoms with van der Waals surface area (Å²) in [7, 11) is 0. The summed E-state index contributed by atoms with van der Waals surface area (Å²) in [6.07, 6.45) is 0. The maximum atomic E-state index is 0. The molecule has 0 aliphatic heterocycles. The third-order valence-corrected chi connectivity index (χ3v) is 0. The summed E-state index contributed by atoms with van der Waals surface area (Å²) in [6, 6.07) is 0. The van der Waals surface area contributed by atoms with Gasteiger partial charge in [-0.2, -0.15) is 0 Å². The fraction of sp³-hybridized carbons (Fsp3) is 0. The molecule has 0 aliphatic carbocycles. The number of hydrogen-bond acceptors (Lipinski definition) is 0. The first kappa shape index (κ1) is 101. The zero-order valence-electron chi connectivity index (χ0n) is 5.77. The van der Waals surface area contributed by atoms with Crippen molar-refractivity contribution in [3.63, 3.8) is 0 Å². The second kappa shape index (κ2) is 82.7. The summed E-state index contributed by atoms with van der Waals surface area (Å²) < 4.78 is 0. The van der Waals surface area contributed by atoms with Gasteiger partial charge in [0.2, 0.25) is 0 Å². The van der Waals surface area contributed by atoms with Crippen molar-refractivity contribution >= 4 is 156 Å². The number of hydrogen-bond donors (Lipinski definition) is 0. The molecule has 0 aliphatic rings. The van der Waals surface area contributed by atoms with E-state index in [-0.39, 0.29) is 189 Å². The maximum Gasteiger partial charge on any atom is 0 e. The molecule has 0 fully saturated rings. The van der Waals surface area contributed by atoms with Crippen LogP contribution in [0.4, 0.5) is 0 Å². The molecule has 0 aromatic heterocycles. The monoisotopic (exact) mass is 332 g/mol. The molecule has 0 saturated heterocycles. The van der Waals surface area contributed by atoms with Crippen LogP contribution in [0.1, 0.15) is 0 Å². The van der Waals surface area contributed by atoms with Crippen LogP contribution >= 0.6 is 0 Å². The van der Waals surface area contributed by atoms with E-state index in [2.05, 4.69) is 0 Å². The molecule has 0 saturated carbocycles. The van der Waals surface area contributed by atoms with E-state index in [1.807, 2.05) is 0 Å². The van der Waals surface area contributed by atoms with Gasteiger partial charge in [0, 0.05) is 189 Å². The zero-order chi connectivity index (χ0) is 0. The molecular weight excluding hydrogens is 332 g/mol. The molecule has 0 heterocycles. The maximum absolute atomic E-state index is 0. The minimum absolute atomic E-state index is 0. The van der Waals surface area contributed by atoms with Crippen molar-refractivity contribution in [2.24, 2.45) is 0 Å². The van der Waals surface area contributed by atoms with Gasteiger partial charge in [0.25, 0.3) is 0 Å². The van der Waals surface area contributed by atoms with Gasteiger partial charge in [-0.3, -0.25) is 0 Å². The first-order valence-electron chi connectivity index (χ1n) is 0. The Balaban J connectivity index is 0. The molecule has 0 bridgehead atoms. The fourth-order valence-electron chi connectivity index (χ4n) is 0. The molecule has 30 valence electrons. The summed E-state index contributed by atoms with van der Waals surface area (Å²) in [5.41, 5.74) is 0. The predicted molar refractivity (Wildman–Crippen MR) is 51.8 cm³/mol. The Morgan fingerprint density at radius 3 is 0.200 bits per heavy atom. The van der Waals surface area contributed by atoms with Gasteiger partial charge >= 0.3 is 0 Å². The van der Waals surface area contributed by atoms with E-state index >= 15 is 0 Å². The van der Waals surface area contributed by atoms with Crippen LogP contribution in [0.25, 0.3) is 0 Å². The normalized spacial score (nSPS) is 0. The molecule has 0 spiro atoms. The summed E-state index contributed by atoms with van der Waals surface area (Å²) in [5.74, 6) is 0. The average Bonchev–Trinajstić information content (AvgIpc) is 0. The van der Waals surface area contributed by atoms with Crippen LogP contribution in [0.5, 0.6) is 0 Å². The Kier molecular flexibility index (Phi) is 840. The van der Waals surface area contributed by atoms with Crippen LogP contribution in [0, 0.1) is 0 Å². The van der Waals surface area contributed by atoms with Crippen molar-refractivity contribution in [1.29, 1.82) is 0 Å². The molecule has 0 aromatic carbocycles. The van der Waals surface area contributed by atoms with E-state index in [9.17, 15) is 0 Å². The topological polar surface area (TPSA) is 0 Å². The Morgan fingerprint density at radius 1 is 0.200 bits per heavy atom. The zero-order valence-corrected chi connectivity index (χ0v) is 19.0. The molecule has 0 amide bonds. The van der Waals surface area contributed by atoms with Crippen molar-refractivity contribution in [3.05, 3.63) is 0 Å². The SMILES string of the molecule is [Al].[Al].[Al].[Al].[Al].[Al].[Al].[Al].[Al].[Y]. The van der Waals surface area contributed by atoms with Crippen LogP contribution in [0.2, 0.25) is 0 Å². The van der Waals surface area contributed by atoms with Crippen LogP contribution in [-0.4, -0.2) is 156 Å². The van der Waals surface area contributed by atoms with Crippen molar-refractivity contribution < 1.29 is 32.7 Å². The molecule has 10 heteroatoms. The Morgan fingerprint density at radius 2 is 0.200 bits per heavy atom. The summed E-state index contributed by atoms with van der Waals surface area (Å²) in [6.45, 7) is 0. The van der Waals surface area contributed by atoms with Gasteiger partial charge in [-0.25, -0.2) is 0 Å². The van der Waals surface area contributed by atoms with Gasteiger partial charge in [0.05, 0.1) is 0 Å². The molecule has 10 heavy (non-hydrogen) atoms. The quantitative estimate of drug-likeness (QED) is 0.406. The van der Waals surface area contributed by atoms with Gasteiger partial charge < -0.3 is 0 Å². The van der Waals surface area contributed by atoms with Crippen LogP contribution in [0.15, 0.2) is 0 Å². The molecule has 0 atom stereocenters. The Labute approximate surface area is 185 Å². The molecule has 0 rings (SSSR count). The van der Waals surface area contributed by atoms with E-state index in [0.717, 1.165) is 0 Å².